The van der Waals surface area contributed by atoms with Crippen LogP contribution in [-0.2, 0) is 19.1 Å². The van der Waals surface area contributed by atoms with E-state index in [9.17, 15) is 28.8 Å². The van der Waals surface area contributed by atoms with E-state index in [1.807, 2.05) is 54.3 Å². The lowest BCUT2D eigenvalue weighted by Gasteiger charge is -2.44. The Morgan fingerprint density at radius 3 is 1.14 bits per heavy atom. The minimum absolute atomic E-state index is 0.104. The number of nitrogens with one attached hydrogen (secondary N) is 7. The SMILES string of the molecule is C=C1C[C@@H](C)N(C2CCCC2)c2nc(Nc3ccc(C(=O)NC)cc3OC)ncc2N1C.CN1C(=O)C(C)(C)CN(C2CCCC2)c2nc(Nc3ccc(N4CCOCC4)cc3)ncc21.CNC(=O)c1ccc(Nc2ncc3c(n2)N(C2CCCC2)CC2(CC2)C(=O)N3C)c(OC)c1.CNC(=O)c1ccc(Nc2ncc3c(n2)N(C2CCCC2)CC2(CCC2)C(=O)N3C)c(OC)c1. The molecule has 0 radical (unpaired) electrons. The predicted molar refractivity (Wildman–Crippen MR) is 517 cm³/mol. The number of amides is 6. The topological polar surface area (TPSA) is 356 Å². The lowest BCUT2D eigenvalue weighted by atomic mass is 9.67. The second kappa shape index (κ2) is 39.7. The van der Waals surface area contributed by atoms with Crippen LogP contribution < -0.4 is 95.5 Å². The Kier molecular flexibility index (Phi) is 27.8. The maximum absolute atomic E-state index is 13.4. The maximum atomic E-state index is 13.4. The zero-order chi connectivity index (χ0) is 92.9. The fourth-order valence-electron chi connectivity index (χ4n) is 20.5. The van der Waals surface area contributed by atoms with Gasteiger partial charge in [0.15, 0.2) is 23.3 Å². The molecule has 0 unspecified atom stereocenters. The smallest absolute Gasteiger partial charge is 0.251 e. The van der Waals surface area contributed by atoms with Crippen LogP contribution in [0.3, 0.4) is 0 Å². The summed E-state index contributed by atoms with van der Waals surface area (Å²) < 4.78 is 22.0. The molecule has 4 aromatic heterocycles. The largest absolute Gasteiger partial charge is 0.495 e. The summed E-state index contributed by atoms with van der Waals surface area (Å²) in [5.41, 5.74) is 8.94. The molecule has 8 aromatic rings. The first-order valence-electron chi connectivity index (χ1n) is 46.8. The molecule has 6 aliphatic carbocycles. The van der Waals surface area contributed by atoms with Crippen LogP contribution in [0.5, 0.6) is 17.2 Å². The molecule has 7 N–H and O–H groups in total. The lowest BCUT2D eigenvalue weighted by Crippen LogP contribution is -2.52. The van der Waals surface area contributed by atoms with Crippen molar-refractivity contribution < 1.29 is 47.7 Å². The van der Waals surface area contributed by atoms with Gasteiger partial charge in [0, 0.05) is 152 Å². The van der Waals surface area contributed by atoms with Crippen LogP contribution in [-0.4, -0.2) is 222 Å². The van der Waals surface area contributed by atoms with E-state index in [0.29, 0.717) is 125 Å². The summed E-state index contributed by atoms with van der Waals surface area (Å²) in [5, 5.41) is 21.0. The molecule has 6 saturated carbocycles. The summed E-state index contributed by atoms with van der Waals surface area (Å²) in [6.45, 7) is 16.1. The van der Waals surface area contributed by atoms with E-state index in [1.165, 1.54) is 69.9 Å². The van der Waals surface area contributed by atoms with Gasteiger partial charge < -0.3 is 100 Å². The number of methoxy groups -OCH3 is 3. The molecule has 0 bridgehead atoms. The molecule has 7 fully saturated rings. The molecule has 19 rings (SSSR count). The normalized spacial score (nSPS) is 19.7. The molecule has 1 saturated heterocycles. The standard InChI is InChI=1S/C25H32N6O3.C25H34N6O2.C24H30N6O3.C24H32N6O2/c1-26-22(32)16-9-10-18(20(13-16)34-3)28-24-27-14-19-21(29-24)31(17-7-4-5-8-17)15-25(11-6-12-25)23(33)30(19)2;1-25(2)17-31(20-6-4-5-7-20)22-21(29(3)23(25)32)16-26-24(28-22)27-18-8-10-19(11-9-18)30-12-14-33-15-13-30;1-25-21(31)15-8-9-17(19(12-15)33-3)27-23-26-13-18-20(28-23)30(16-6-4-5-7-16)14-24(10-11-24)22(32)29(18)2;1-15-12-16(2)30(18-8-6-7-9-18)22-20(29(15)4)14-26-24(28-22)27-19-11-10-17(23(31)25-3)13-21(19)32-5/h9-10,13-14,17H,4-8,11-12,15H2,1-3H3,(H,26,32)(H,27,28,29);8-11,16,20H,4-7,12-15,17H2,1-3H3,(H,26,27,28);8-9,12-13,16H,4-7,10-11,14H2,1-3H3,(H,25,31)(H,26,27,28);10-11,13-14,16,18H,1,6-9,12H2,2-5H3,(H,25,31)(H,26,27,28)/t;;;16-/m...1/s1. The molecule has 700 valence electrons. The molecule has 34 nitrogen and oxygen atoms in total. The van der Waals surface area contributed by atoms with Crippen molar-refractivity contribution in [3.8, 4) is 17.2 Å². The Morgan fingerprint density at radius 2 is 0.780 bits per heavy atom. The van der Waals surface area contributed by atoms with E-state index < -0.39 is 5.41 Å². The highest BCUT2D eigenvalue weighted by Crippen LogP contribution is 2.54. The average Bonchev–Trinajstić information content (AvgIpc) is 1.57. The van der Waals surface area contributed by atoms with Gasteiger partial charge in [-0.05, 0) is 177 Å². The number of anilines is 17. The fourth-order valence-corrected chi connectivity index (χ4v) is 20.5. The average molecular weight is 1800 g/mol. The van der Waals surface area contributed by atoms with Gasteiger partial charge in [0.05, 0.1) is 92.6 Å². The van der Waals surface area contributed by atoms with Crippen LogP contribution in [0.2, 0.25) is 0 Å². The summed E-state index contributed by atoms with van der Waals surface area (Å²) in [5.74, 6) is 6.81. The molecular weight excluding hydrogens is 1670 g/mol. The van der Waals surface area contributed by atoms with Crippen molar-refractivity contribution in [2.45, 2.75) is 192 Å². The highest BCUT2D eigenvalue weighted by molar-refractivity contribution is 6.05. The third-order valence-corrected chi connectivity index (χ3v) is 28.4. The zero-order valence-electron chi connectivity index (χ0n) is 78.6. The maximum Gasteiger partial charge on any atom is 0.251 e. The summed E-state index contributed by atoms with van der Waals surface area (Å²) in [4.78, 5) is 133. The first-order valence-corrected chi connectivity index (χ1v) is 46.8. The monoisotopic (exact) mass is 1800 g/mol. The molecule has 4 aromatic carbocycles. The molecule has 2 spiro atoms. The van der Waals surface area contributed by atoms with E-state index in [2.05, 4.69) is 124 Å². The van der Waals surface area contributed by atoms with Gasteiger partial charge in [0.2, 0.25) is 41.5 Å². The second-order valence-corrected chi connectivity index (χ2v) is 37.4. The van der Waals surface area contributed by atoms with Crippen molar-refractivity contribution in [3.63, 3.8) is 0 Å². The number of hydrogen-bond acceptors (Lipinski definition) is 28. The summed E-state index contributed by atoms with van der Waals surface area (Å²) in [7, 11) is 17.0. The Balaban J connectivity index is 0.000000128. The van der Waals surface area contributed by atoms with Crippen LogP contribution in [0, 0.1) is 16.2 Å². The molecule has 34 heteroatoms. The Bertz CT molecular complexity index is 5570. The predicted octanol–water partition coefficient (Wildman–Crippen LogP) is 14.5. The Labute approximate surface area is 773 Å². The van der Waals surface area contributed by atoms with Gasteiger partial charge in [-0.15, -0.1) is 0 Å². The van der Waals surface area contributed by atoms with Gasteiger partial charge in [-0.1, -0.05) is 64.4 Å². The van der Waals surface area contributed by atoms with Crippen molar-refractivity contribution in [2.75, 3.05) is 182 Å². The van der Waals surface area contributed by atoms with E-state index in [1.54, 1.807) is 124 Å². The van der Waals surface area contributed by atoms with Crippen molar-refractivity contribution in [1.82, 2.24) is 55.8 Å². The molecule has 5 aliphatic heterocycles. The number of benzene rings is 4. The number of rotatable bonds is 19. The number of carbonyl (C=O) groups excluding carboxylic acids is 6. The zero-order valence-corrected chi connectivity index (χ0v) is 78.6. The highest BCUT2D eigenvalue weighted by Gasteiger charge is 2.56. The molecule has 1 atom stereocenters. The summed E-state index contributed by atoms with van der Waals surface area (Å²) >= 11 is 0. The Hall–Kier alpha value is -12.9. The third kappa shape index (κ3) is 19.3. The number of ether oxygens (including phenoxy) is 4. The minimum atomic E-state index is -0.485. The highest BCUT2D eigenvalue weighted by atomic mass is 16.5. The minimum Gasteiger partial charge on any atom is -0.495 e. The van der Waals surface area contributed by atoms with Crippen molar-refractivity contribution in [1.29, 1.82) is 0 Å². The second-order valence-electron chi connectivity index (χ2n) is 37.4. The van der Waals surface area contributed by atoms with Crippen molar-refractivity contribution in [2.24, 2.45) is 16.2 Å². The molecule has 9 heterocycles. The van der Waals surface area contributed by atoms with Crippen molar-refractivity contribution >= 4 is 134 Å². The van der Waals surface area contributed by atoms with Crippen LogP contribution >= 0.6 is 0 Å². The first-order chi connectivity index (χ1) is 63.7. The number of carbonyl (C=O) groups is 6. The number of nitrogens with zero attached hydrogens (tertiary/aromatic N) is 17. The number of hydrogen-bond donors (Lipinski definition) is 7. The number of aromatic nitrogens is 8. The van der Waals surface area contributed by atoms with Gasteiger partial charge in [-0.25, -0.2) is 19.9 Å². The molecule has 6 amide bonds. The van der Waals surface area contributed by atoms with Gasteiger partial charge in [-0.3, -0.25) is 28.8 Å². The van der Waals surface area contributed by atoms with Gasteiger partial charge >= 0.3 is 0 Å². The van der Waals surface area contributed by atoms with E-state index >= 15 is 0 Å². The summed E-state index contributed by atoms with van der Waals surface area (Å²) in [6, 6.07) is 26.0. The quantitative estimate of drug-likeness (QED) is 0.0395. The van der Waals surface area contributed by atoms with Crippen molar-refractivity contribution in [3.05, 3.63) is 133 Å². The van der Waals surface area contributed by atoms with Crippen LogP contribution in [0.15, 0.2) is 116 Å². The number of morpholine rings is 1. The van der Waals surface area contributed by atoms with Crippen LogP contribution in [0.1, 0.15) is 193 Å². The van der Waals surface area contributed by atoms with Gasteiger partial charge in [0.1, 0.15) is 40.0 Å². The number of fused-ring (bicyclic) bond motifs is 4. The molecule has 132 heavy (non-hydrogen) atoms. The molecule has 11 aliphatic rings. The Morgan fingerprint density at radius 1 is 0.432 bits per heavy atom. The van der Waals surface area contributed by atoms with E-state index in [0.717, 1.165) is 161 Å². The first kappa shape index (κ1) is 92.4. The van der Waals surface area contributed by atoms with E-state index in [4.69, 9.17) is 38.9 Å². The van der Waals surface area contributed by atoms with Crippen LogP contribution in [0.4, 0.5) is 98.3 Å². The molecular formula is C98H128N24O10. The van der Waals surface area contributed by atoms with Crippen LogP contribution in [0.25, 0.3) is 0 Å². The fraction of sp³-hybridized carbons (Fsp3) is 0.510. The van der Waals surface area contributed by atoms with Gasteiger partial charge in [0.25, 0.3) is 17.7 Å². The van der Waals surface area contributed by atoms with Gasteiger partial charge in [-0.2, -0.15) is 19.9 Å². The third-order valence-electron chi connectivity index (χ3n) is 28.4. The summed E-state index contributed by atoms with van der Waals surface area (Å²) in [6.07, 6.45) is 31.8. The van der Waals surface area contributed by atoms with E-state index in [-0.39, 0.29) is 46.3 Å². The lowest BCUT2D eigenvalue weighted by molar-refractivity contribution is -0.132.